The Morgan fingerprint density at radius 1 is 0.449 bits per heavy atom. The molecule has 3 aliphatic heterocycles. The van der Waals surface area contributed by atoms with Gasteiger partial charge in [0.2, 0.25) is 35.2 Å². The van der Waals surface area contributed by atoms with E-state index in [4.69, 9.17) is 48.7 Å². The number of carbonyl (C=O) groups is 12. The lowest BCUT2D eigenvalue weighted by Crippen LogP contribution is -2.56. The smallest absolute Gasteiger partial charge is 0.411 e. The highest BCUT2D eigenvalue weighted by atomic mass is 35.5. The summed E-state index contributed by atoms with van der Waals surface area (Å²) in [7, 11) is 1.30. The molecule has 12 rings (SSSR count). The number of unbranched alkanes of at least 4 members (excludes halogenated alkanes) is 6. The molecule has 1 unspecified atom stereocenters. The molecule has 3 aliphatic carbocycles. The fraction of sp³-hybridized carbons (Fsp3) is 0.587. The Kier molecular flexibility index (Phi) is 53.3. The Labute approximate surface area is 874 Å². The average molecular weight is 2070 g/mol. The molecule has 6 aliphatic rings. The summed E-state index contributed by atoms with van der Waals surface area (Å²) in [5.74, 6) is -3.37. The second kappa shape index (κ2) is 59.5. The molecule has 14 atom stereocenters. The van der Waals surface area contributed by atoms with Crippen LogP contribution in [0.5, 0.6) is 0 Å². The van der Waals surface area contributed by atoms with Gasteiger partial charge in [0.15, 0.2) is 0 Å². The number of nitrogens with one attached hydrogen (secondary N) is 4. The number of benzene rings is 3. The summed E-state index contributed by atoms with van der Waals surface area (Å²) in [5, 5.41) is 58.3. The van der Waals surface area contributed by atoms with Crippen LogP contribution in [0.15, 0.2) is 154 Å². The van der Waals surface area contributed by atoms with Gasteiger partial charge in [-0.2, -0.15) is 14.4 Å². The SMILES string of the molecule is C.C.C.C.C.C=CCCCCC[C@@H](NC(=O)OC(C)(C)C)C(=O)O.C=CCCCCC[C@H](NC(=O)OC(C)(C)C)C(=O)N1C[C@H](n2nnc(-c3ccccc3)n2)C[C@H]1C(=O)N[C@]1(C(=O)OCC)C[C@H]1C=C.C=C[C@@H]1CC1(NC(=O)[C@@H]1C[C@@H](n2nnc(-c3ccccc3)n2)CN1C(=O)OC(C)(C)C)C(=O)OCC.C=C[C@@H]1C[C@]1(N)C(=O)OCC.COC(=O)[C@@H]1C[C@@H](n2nnc(-c3ccccc3)n2)CN1C(=O)OC(C)(C)C.Cl.[B]. The third-order valence-electron chi connectivity index (χ3n) is 23.2. The second-order valence-electron chi connectivity index (χ2n) is 38.7. The van der Waals surface area contributed by atoms with Crippen LogP contribution in [0.3, 0.4) is 0 Å². The molecular formula is C104H161BClN20O21. The molecule has 41 nitrogen and oxygen atoms in total. The molecule has 3 aromatic heterocycles. The number of likely N-dealkylation sites (tertiary alicyclic amines) is 3. The number of esters is 4. The molecule has 0 spiro atoms. The molecule has 7 amide bonds. The summed E-state index contributed by atoms with van der Waals surface area (Å²) in [6, 6.07) is 22.6. The molecule has 7 N–H and O–H groups in total. The first-order chi connectivity index (χ1) is 66.2. The third-order valence-corrected chi connectivity index (χ3v) is 23.2. The van der Waals surface area contributed by atoms with Crippen LogP contribution in [0.25, 0.3) is 34.2 Å². The van der Waals surface area contributed by atoms with E-state index in [0.29, 0.717) is 69.0 Å². The lowest BCUT2D eigenvalue weighted by atomic mass is 10.0. The minimum Gasteiger partial charge on any atom is -0.480 e. The van der Waals surface area contributed by atoms with Crippen molar-refractivity contribution in [2.24, 2.45) is 23.5 Å². The van der Waals surface area contributed by atoms with Gasteiger partial charge < -0.3 is 74.9 Å². The highest BCUT2D eigenvalue weighted by Gasteiger charge is 2.64. The third kappa shape index (κ3) is 38.2. The van der Waals surface area contributed by atoms with Crippen LogP contribution >= 0.6 is 12.4 Å². The predicted octanol–water partition coefficient (Wildman–Crippen LogP) is 15.5. The van der Waals surface area contributed by atoms with Gasteiger partial charge in [-0.3, -0.25) is 29.0 Å². The fourth-order valence-electron chi connectivity index (χ4n) is 15.8. The molecule has 6 fully saturated rings. The van der Waals surface area contributed by atoms with Crippen molar-refractivity contribution < 1.29 is 101 Å². The number of nitrogens with zero attached hydrogens (tertiary/aromatic N) is 15. The van der Waals surface area contributed by atoms with Crippen molar-refractivity contribution in [2.45, 2.75) is 331 Å². The maximum atomic E-state index is 14.3. The van der Waals surface area contributed by atoms with Crippen molar-refractivity contribution in [2.75, 3.05) is 46.6 Å². The quantitative estimate of drug-likeness (QED) is 0.00699. The van der Waals surface area contributed by atoms with E-state index in [1.165, 1.54) is 36.2 Å². The number of methoxy groups -OCH3 is 1. The zero-order valence-electron chi connectivity index (χ0n) is 84.4. The Balaban J connectivity index is 0.000000966. The zero-order chi connectivity index (χ0) is 103. The zero-order valence-corrected chi connectivity index (χ0v) is 85.2. The standard InChI is InChI=1S/C34H47N7O6.C25H32N6O5.C18H23N5O4.C14H25NO4.C8H13NO2.5CH4.B.ClH/c1-7-10-11-12-16-19-26(35-32(45)47-33(4,5)6)30(43)40-22-25(41-38-28(37-39-41)23-17-14-13-15-18-23)20-27(40)29(42)36-34(21-24(34)8-2)31(44)46-9-3;1-6-17-14-25(17,22(33)35-7-2)26-21(32)19-13-18(15-30(19)23(34)36-24(3,4)5)31-28-20(27-29-31)16-11-9-8-10-12-16;1-18(2,3)27-17(25)22-11-13(10-14(22)16(24)26-4)23-20-15(19-21-23)12-8-6-5-7-9-12;1-5-6-7-8-9-10-11(12(16)17)15-13(18)19-14(2,3)4;1-3-6-5-8(6,9)7(10)11-4-2;;;;;;;/h7-8,13-15,17-18,24-27H,1-2,9-12,16,19-22H2,3-6H3,(H,35,45)(H,36,42);6,8-12,17-19H,1,7,13-15H2,2-5H3,(H,26,32);5-9,13-14H,10-11H2,1-4H3;5,11H,1,6-10H2,2-4H3,(H,15,18)(H,16,17);3,6H,1,4-5,9H2,2H3;5*1H4;;1H/t24-,25-,26+,27+,34-;17-,18-,19+,25?;13-,14+;11-;6-,8-;;;;;;;/m11111......./s1. The van der Waals surface area contributed by atoms with Crippen molar-refractivity contribution in [3.63, 3.8) is 0 Å². The number of carbonyl (C=O) groups excluding carboxylic acids is 11. The summed E-state index contributed by atoms with van der Waals surface area (Å²) in [4.78, 5) is 160. The first kappa shape index (κ1) is 132. The fourth-order valence-corrected chi connectivity index (χ4v) is 15.8. The van der Waals surface area contributed by atoms with Gasteiger partial charge in [-0.25, -0.2) is 38.4 Å². The predicted molar refractivity (Wildman–Crippen MR) is 562 cm³/mol. The number of hydrogen-bond acceptors (Lipinski definition) is 30. The molecule has 0 bridgehead atoms. The average Bonchev–Trinajstić information content (AvgIpc) is 1.57. The van der Waals surface area contributed by atoms with Crippen LogP contribution in [0, 0.1) is 17.8 Å². The Bertz CT molecular complexity index is 5260. The topological polar surface area (TPSA) is 514 Å². The minimum atomic E-state index is -1.24. The molecule has 3 saturated heterocycles. The number of halogens is 1. The van der Waals surface area contributed by atoms with Crippen molar-refractivity contribution in [1.82, 2.24) is 96.6 Å². The summed E-state index contributed by atoms with van der Waals surface area (Å²) in [5.41, 5.74) is 2.13. The summed E-state index contributed by atoms with van der Waals surface area (Å²) in [6.07, 6.45) is 15.8. The highest BCUT2D eigenvalue weighted by molar-refractivity contribution is 5.97. The molecule has 3 radical (unpaired) electrons. The van der Waals surface area contributed by atoms with E-state index in [-0.39, 0.29) is 133 Å². The Morgan fingerprint density at radius 2 is 0.769 bits per heavy atom. The van der Waals surface area contributed by atoms with Gasteiger partial charge in [-0.15, -0.1) is 75.9 Å². The van der Waals surface area contributed by atoms with Gasteiger partial charge in [0.1, 0.15) is 69.2 Å². The van der Waals surface area contributed by atoms with E-state index in [0.717, 1.165) is 61.6 Å². The number of amides is 7. The van der Waals surface area contributed by atoms with Crippen molar-refractivity contribution in [3.05, 3.63) is 154 Å². The van der Waals surface area contributed by atoms with Gasteiger partial charge in [-0.05, 0) is 177 Å². The number of carboxylic acid groups (broad SMARTS) is 1. The van der Waals surface area contributed by atoms with E-state index in [2.05, 4.69) is 100 Å². The monoisotopic (exact) mass is 2070 g/mol. The summed E-state index contributed by atoms with van der Waals surface area (Å²) < 4.78 is 41.6. The van der Waals surface area contributed by atoms with Gasteiger partial charge in [-0.1, -0.05) is 184 Å². The number of allylic oxidation sites excluding steroid dienone is 2. The normalized spacial score (nSPS) is 21.2. The number of carboxylic acids is 1. The molecule has 147 heavy (non-hydrogen) atoms. The number of nitrogens with two attached hydrogens (primary N) is 1. The van der Waals surface area contributed by atoms with Crippen LogP contribution in [0.4, 0.5) is 19.2 Å². The van der Waals surface area contributed by atoms with Crippen LogP contribution in [0.2, 0.25) is 0 Å². The van der Waals surface area contributed by atoms with Crippen LogP contribution in [-0.4, -0.2) is 277 Å². The Hall–Kier alpha value is -13.3. The highest BCUT2D eigenvalue weighted by Crippen LogP contribution is 2.48. The minimum absolute atomic E-state index is 0. The molecule has 6 heterocycles. The van der Waals surface area contributed by atoms with E-state index in [1.807, 2.05) is 103 Å². The number of aromatic nitrogens is 12. The van der Waals surface area contributed by atoms with Crippen molar-refractivity contribution in [1.29, 1.82) is 0 Å². The van der Waals surface area contributed by atoms with E-state index < -0.39 is 147 Å². The van der Waals surface area contributed by atoms with Crippen LogP contribution in [0.1, 0.15) is 262 Å². The molecule has 3 aromatic carbocycles. The number of tetrazole rings is 3. The first-order valence-electron chi connectivity index (χ1n) is 47.4. The van der Waals surface area contributed by atoms with E-state index in [1.54, 1.807) is 122 Å². The second-order valence-corrected chi connectivity index (χ2v) is 38.7. The molecule has 43 heteroatoms. The van der Waals surface area contributed by atoms with Crippen molar-refractivity contribution in [3.8, 4) is 34.2 Å². The maximum absolute atomic E-state index is 14.3. The number of rotatable bonds is 36. The van der Waals surface area contributed by atoms with E-state index >= 15 is 0 Å². The summed E-state index contributed by atoms with van der Waals surface area (Å²) >= 11 is 0. The molecule has 6 aromatic rings. The number of alkyl carbamates (subject to hydrolysis) is 2. The van der Waals surface area contributed by atoms with Gasteiger partial charge in [0, 0.05) is 81.8 Å². The lowest BCUT2D eigenvalue weighted by molar-refractivity contribution is -0.150. The lowest BCUT2D eigenvalue weighted by Gasteiger charge is -2.30. The largest absolute Gasteiger partial charge is 0.480 e. The molecule has 3 saturated carbocycles. The Morgan fingerprint density at radius 3 is 1.08 bits per heavy atom. The van der Waals surface area contributed by atoms with Gasteiger partial charge >= 0.3 is 54.2 Å². The van der Waals surface area contributed by atoms with Gasteiger partial charge in [0.25, 0.3) is 0 Å². The molecule has 813 valence electrons. The van der Waals surface area contributed by atoms with Crippen molar-refractivity contribution >= 4 is 92.8 Å². The summed E-state index contributed by atoms with van der Waals surface area (Å²) in [6.45, 7) is 45.9. The number of aliphatic carboxylic acids is 1. The van der Waals surface area contributed by atoms with E-state index in [9.17, 15) is 57.5 Å². The van der Waals surface area contributed by atoms with Crippen LogP contribution < -0.4 is 27.0 Å². The maximum Gasteiger partial charge on any atom is 0.411 e. The number of ether oxygens (including phenoxy) is 8. The van der Waals surface area contributed by atoms with Gasteiger partial charge in [0.05, 0.1) is 45.1 Å². The first-order valence-corrected chi connectivity index (χ1v) is 47.4. The van der Waals surface area contributed by atoms with Crippen LogP contribution in [-0.2, 0) is 76.3 Å². The number of hydrogen-bond donors (Lipinski definition) is 6. The molecular weight excluding hydrogens is 1910 g/mol.